The van der Waals surface area contributed by atoms with Gasteiger partial charge < -0.3 is 10.1 Å². The number of hydrogen-bond donors (Lipinski definition) is 1. The van der Waals surface area contributed by atoms with Crippen molar-refractivity contribution < 1.29 is 9.13 Å². The van der Waals surface area contributed by atoms with Crippen LogP contribution in [0.3, 0.4) is 0 Å². The Morgan fingerprint density at radius 1 is 1.20 bits per heavy atom. The Morgan fingerprint density at radius 2 is 2.00 bits per heavy atom. The van der Waals surface area contributed by atoms with Gasteiger partial charge >= 0.3 is 0 Å². The van der Waals surface area contributed by atoms with E-state index in [2.05, 4.69) is 28.2 Å². The molecule has 0 aliphatic rings. The maximum Gasteiger partial charge on any atom is 0.142 e. The highest BCUT2D eigenvalue weighted by Gasteiger charge is 2.05. The molecular formula is C16H17BrFNO. The second kappa shape index (κ2) is 7.29. The van der Waals surface area contributed by atoms with Gasteiger partial charge in [0.1, 0.15) is 11.6 Å². The predicted octanol–water partition coefficient (Wildman–Crippen LogP) is 4.99. The van der Waals surface area contributed by atoms with Crippen LogP contribution in [0.2, 0.25) is 0 Å². The molecule has 0 bridgehead atoms. The third-order valence-corrected chi connectivity index (χ3v) is 3.57. The summed E-state index contributed by atoms with van der Waals surface area (Å²) in [6, 6.07) is 12.5. The summed E-state index contributed by atoms with van der Waals surface area (Å²) in [4.78, 5) is 0. The molecule has 0 unspecified atom stereocenters. The Hall–Kier alpha value is -1.55. The van der Waals surface area contributed by atoms with Crippen LogP contribution in [0, 0.1) is 5.82 Å². The fourth-order valence-electron chi connectivity index (χ4n) is 1.81. The van der Waals surface area contributed by atoms with Crippen molar-refractivity contribution in [2.75, 3.05) is 11.9 Å². The maximum absolute atomic E-state index is 13.0. The lowest BCUT2D eigenvalue weighted by molar-refractivity contribution is 0.319. The zero-order valence-corrected chi connectivity index (χ0v) is 12.9. The minimum Gasteiger partial charge on any atom is -0.491 e. The van der Waals surface area contributed by atoms with Crippen LogP contribution in [-0.4, -0.2) is 6.61 Å². The molecule has 2 aromatic carbocycles. The third kappa shape index (κ3) is 3.97. The smallest absolute Gasteiger partial charge is 0.142 e. The molecule has 0 saturated heterocycles. The molecule has 2 nitrogen and oxygen atoms in total. The highest BCUT2D eigenvalue weighted by Crippen LogP contribution is 2.26. The fraction of sp³-hybridized carbons (Fsp3) is 0.250. The predicted molar refractivity (Wildman–Crippen MR) is 83.7 cm³/mol. The maximum atomic E-state index is 13.0. The van der Waals surface area contributed by atoms with Crippen LogP contribution < -0.4 is 10.1 Å². The van der Waals surface area contributed by atoms with Crippen LogP contribution in [0.25, 0.3) is 0 Å². The largest absolute Gasteiger partial charge is 0.491 e. The average Bonchev–Trinajstić information content (AvgIpc) is 2.45. The molecule has 106 valence electrons. The zero-order valence-electron chi connectivity index (χ0n) is 11.3. The lowest BCUT2D eigenvalue weighted by atomic mass is 10.2. The second-order valence-electron chi connectivity index (χ2n) is 4.43. The molecule has 0 atom stereocenters. The van der Waals surface area contributed by atoms with Gasteiger partial charge in [-0.05, 0) is 36.2 Å². The van der Waals surface area contributed by atoms with Crippen molar-refractivity contribution in [3.8, 4) is 5.75 Å². The van der Waals surface area contributed by atoms with E-state index in [1.807, 2.05) is 24.3 Å². The molecule has 0 amide bonds. The lowest BCUT2D eigenvalue weighted by Gasteiger charge is -2.13. The van der Waals surface area contributed by atoms with Crippen LogP contribution in [0.15, 0.2) is 46.9 Å². The van der Waals surface area contributed by atoms with Gasteiger partial charge in [-0.25, -0.2) is 4.39 Å². The molecule has 0 fully saturated rings. The summed E-state index contributed by atoms with van der Waals surface area (Å²) in [7, 11) is 0. The van der Waals surface area contributed by atoms with Crippen molar-refractivity contribution in [2.24, 2.45) is 0 Å². The van der Waals surface area contributed by atoms with Gasteiger partial charge in [0.15, 0.2) is 0 Å². The summed E-state index contributed by atoms with van der Waals surface area (Å²) in [6.07, 6.45) is 0.970. The van der Waals surface area contributed by atoms with Crippen molar-refractivity contribution in [1.82, 2.24) is 0 Å². The molecule has 0 aromatic heterocycles. The van der Waals surface area contributed by atoms with Gasteiger partial charge in [0.05, 0.1) is 12.3 Å². The summed E-state index contributed by atoms with van der Waals surface area (Å²) in [6.45, 7) is 3.37. The van der Waals surface area contributed by atoms with Gasteiger partial charge in [-0.1, -0.05) is 41.1 Å². The molecule has 0 radical (unpaired) electrons. The molecule has 2 rings (SSSR count). The first-order valence-corrected chi connectivity index (χ1v) is 7.39. The Bertz CT molecular complexity index is 574. The number of halogens is 2. The van der Waals surface area contributed by atoms with E-state index in [-0.39, 0.29) is 5.82 Å². The van der Waals surface area contributed by atoms with Gasteiger partial charge in [0.2, 0.25) is 0 Å². The minimum absolute atomic E-state index is 0.243. The Balaban J connectivity index is 2.06. The van der Waals surface area contributed by atoms with Gasteiger partial charge in [0.25, 0.3) is 0 Å². The summed E-state index contributed by atoms with van der Waals surface area (Å²) in [5, 5.41) is 3.32. The van der Waals surface area contributed by atoms with Crippen molar-refractivity contribution in [3.05, 3.63) is 58.3 Å². The molecule has 0 aliphatic heterocycles. The van der Waals surface area contributed by atoms with Crippen molar-refractivity contribution in [3.63, 3.8) is 0 Å². The topological polar surface area (TPSA) is 21.3 Å². The van der Waals surface area contributed by atoms with E-state index >= 15 is 0 Å². The molecule has 0 aliphatic carbocycles. The van der Waals surface area contributed by atoms with E-state index in [4.69, 9.17) is 4.74 Å². The SMILES string of the molecule is CCCOc1ccccc1NCc1ccc(F)cc1Br. The first-order chi connectivity index (χ1) is 9.70. The summed E-state index contributed by atoms with van der Waals surface area (Å²) in [5.41, 5.74) is 1.94. The molecule has 1 N–H and O–H groups in total. The quantitative estimate of drug-likeness (QED) is 0.801. The van der Waals surface area contributed by atoms with Gasteiger partial charge in [0, 0.05) is 11.0 Å². The molecule has 2 aromatic rings. The molecule has 0 heterocycles. The number of ether oxygens (including phenoxy) is 1. The Labute approximate surface area is 127 Å². The van der Waals surface area contributed by atoms with Crippen LogP contribution in [0.5, 0.6) is 5.75 Å². The monoisotopic (exact) mass is 337 g/mol. The molecule has 20 heavy (non-hydrogen) atoms. The highest BCUT2D eigenvalue weighted by atomic mass is 79.9. The number of para-hydroxylation sites is 2. The van der Waals surface area contributed by atoms with E-state index in [1.54, 1.807) is 6.07 Å². The Morgan fingerprint density at radius 3 is 2.75 bits per heavy atom. The molecule has 4 heteroatoms. The van der Waals surface area contributed by atoms with Gasteiger partial charge in [-0.15, -0.1) is 0 Å². The van der Waals surface area contributed by atoms with Crippen LogP contribution in [0.4, 0.5) is 10.1 Å². The first-order valence-electron chi connectivity index (χ1n) is 6.60. The fourth-order valence-corrected chi connectivity index (χ4v) is 2.30. The summed E-state index contributed by atoms with van der Waals surface area (Å²) < 4.78 is 19.5. The van der Waals surface area contributed by atoms with Crippen molar-refractivity contribution in [2.45, 2.75) is 19.9 Å². The van der Waals surface area contributed by atoms with Crippen molar-refractivity contribution in [1.29, 1.82) is 0 Å². The normalized spacial score (nSPS) is 10.3. The standard InChI is InChI=1S/C16H17BrFNO/c1-2-9-20-16-6-4-3-5-15(16)19-11-12-7-8-13(18)10-14(12)17/h3-8,10,19H,2,9,11H2,1H3. The number of rotatable bonds is 6. The number of hydrogen-bond acceptors (Lipinski definition) is 2. The van der Waals surface area contributed by atoms with Crippen LogP contribution in [0.1, 0.15) is 18.9 Å². The second-order valence-corrected chi connectivity index (χ2v) is 5.29. The van der Waals surface area contributed by atoms with E-state index in [1.165, 1.54) is 12.1 Å². The molecule has 0 spiro atoms. The highest BCUT2D eigenvalue weighted by molar-refractivity contribution is 9.10. The zero-order chi connectivity index (χ0) is 14.4. The van der Waals surface area contributed by atoms with Gasteiger partial charge in [-0.3, -0.25) is 0 Å². The van der Waals surface area contributed by atoms with E-state index in [0.717, 1.165) is 27.9 Å². The lowest BCUT2D eigenvalue weighted by Crippen LogP contribution is -2.04. The Kier molecular flexibility index (Phi) is 5.41. The van der Waals surface area contributed by atoms with E-state index in [0.29, 0.717) is 13.2 Å². The van der Waals surface area contributed by atoms with Gasteiger partial charge in [-0.2, -0.15) is 0 Å². The first kappa shape index (κ1) is 14.9. The number of nitrogens with one attached hydrogen (secondary N) is 1. The number of anilines is 1. The van der Waals surface area contributed by atoms with Crippen LogP contribution in [-0.2, 0) is 6.54 Å². The summed E-state index contributed by atoms with van der Waals surface area (Å²) >= 11 is 3.37. The van der Waals surface area contributed by atoms with Crippen molar-refractivity contribution >= 4 is 21.6 Å². The minimum atomic E-state index is -0.243. The number of benzene rings is 2. The average molecular weight is 338 g/mol. The van der Waals surface area contributed by atoms with Crippen LogP contribution >= 0.6 is 15.9 Å². The van der Waals surface area contributed by atoms with E-state index < -0.39 is 0 Å². The molecule has 0 saturated carbocycles. The molecular weight excluding hydrogens is 321 g/mol. The summed E-state index contributed by atoms with van der Waals surface area (Å²) in [5.74, 6) is 0.597. The third-order valence-electron chi connectivity index (χ3n) is 2.83. The van der Waals surface area contributed by atoms with E-state index in [9.17, 15) is 4.39 Å².